The molecule has 0 spiro atoms. The van der Waals surface area contributed by atoms with Crippen LogP contribution < -0.4 is 5.73 Å². The summed E-state index contributed by atoms with van der Waals surface area (Å²) in [6.07, 6.45) is -4.46. The van der Waals surface area contributed by atoms with Crippen LogP contribution in [0.5, 0.6) is 0 Å². The Labute approximate surface area is 123 Å². The average molecular weight is 313 g/mol. The molecule has 2 rings (SSSR count). The minimum absolute atomic E-state index is 0.106. The van der Waals surface area contributed by atoms with E-state index in [4.69, 9.17) is 5.73 Å². The molecular formula is C15H14F3NOS. The third-order valence-corrected chi connectivity index (χ3v) is 4.86. The molecule has 0 aliphatic carbocycles. The third kappa shape index (κ3) is 3.44. The van der Waals surface area contributed by atoms with E-state index >= 15 is 0 Å². The molecule has 112 valence electrons. The van der Waals surface area contributed by atoms with Gasteiger partial charge in [-0.15, -0.1) is 0 Å². The van der Waals surface area contributed by atoms with E-state index < -0.39 is 22.5 Å². The summed E-state index contributed by atoms with van der Waals surface area (Å²) in [5.74, 6) is 0. The zero-order valence-electron chi connectivity index (χ0n) is 11.2. The maximum absolute atomic E-state index is 12.6. The van der Waals surface area contributed by atoms with Crippen LogP contribution in [0.1, 0.15) is 23.3 Å². The molecule has 6 heteroatoms. The van der Waals surface area contributed by atoms with Crippen molar-refractivity contribution in [3.05, 3.63) is 59.7 Å². The first kappa shape index (κ1) is 15.6. The molecule has 0 saturated heterocycles. The molecule has 2 atom stereocenters. The molecule has 2 N–H and O–H groups in total. The van der Waals surface area contributed by atoms with E-state index in [0.717, 1.165) is 17.7 Å². The van der Waals surface area contributed by atoms with Crippen LogP contribution in [0.4, 0.5) is 18.9 Å². The van der Waals surface area contributed by atoms with Gasteiger partial charge in [0.15, 0.2) is 0 Å². The van der Waals surface area contributed by atoms with Crippen molar-refractivity contribution in [2.45, 2.75) is 23.2 Å². The number of hydrogen-bond donors (Lipinski definition) is 1. The summed E-state index contributed by atoms with van der Waals surface area (Å²) in [5.41, 5.74) is 5.54. The molecular weight excluding hydrogens is 299 g/mol. The number of anilines is 1. The Hall–Kier alpha value is -1.82. The van der Waals surface area contributed by atoms with Gasteiger partial charge in [0.2, 0.25) is 0 Å². The maximum Gasteiger partial charge on any atom is 0.416 e. The highest BCUT2D eigenvalue weighted by atomic mass is 32.2. The van der Waals surface area contributed by atoms with E-state index in [9.17, 15) is 17.4 Å². The first-order chi connectivity index (χ1) is 9.80. The molecule has 2 aromatic carbocycles. The summed E-state index contributed by atoms with van der Waals surface area (Å²) in [6.45, 7) is 1.75. The van der Waals surface area contributed by atoms with Gasteiger partial charge in [-0.25, -0.2) is 0 Å². The summed E-state index contributed by atoms with van der Waals surface area (Å²) in [7, 11) is -1.52. The molecule has 0 bridgehead atoms. The van der Waals surface area contributed by atoms with Crippen molar-refractivity contribution in [2.75, 3.05) is 5.73 Å². The van der Waals surface area contributed by atoms with E-state index in [2.05, 4.69) is 0 Å². The molecule has 0 aliphatic rings. The van der Waals surface area contributed by atoms with Crippen molar-refractivity contribution in [2.24, 2.45) is 0 Å². The van der Waals surface area contributed by atoms with Crippen molar-refractivity contribution in [3.63, 3.8) is 0 Å². The minimum Gasteiger partial charge on any atom is -0.398 e. The van der Waals surface area contributed by atoms with E-state index in [1.165, 1.54) is 6.07 Å². The van der Waals surface area contributed by atoms with Crippen LogP contribution in [0.15, 0.2) is 53.4 Å². The summed E-state index contributed by atoms with van der Waals surface area (Å²) >= 11 is 0. The van der Waals surface area contributed by atoms with Gasteiger partial charge in [-0.2, -0.15) is 13.2 Å². The molecule has 2 aromatic rings. The number of nitrogens with two attached hydrogens (primary N) is 1. The lowest BCUT2D eigenvalue weighted by atomic mass is 10.2. The van der Waals surface area contributed by atoms with Crippen LogP contribution in [0.3, 0.4) is 0 Å². The van der Waals surface area contributed by atoms with Crippen molar-refractivity contribution in [3.8, 4) is 0 Å². The van der Waals surface area contributed by atoms with Gasteiger partial charge in [-0.05, 0) is 30.7 Å². The van der Waals surface area contributed by atoms with Gasteiger partial charge < -0.3 is 5.73 Å². The van der Waals surface area contributed by atoms with E-state index in [0.29, 0.717) is 0 Å². The fraction of sp³-hybridized carbons (Fsp3) is 0.200. The predicted molar refractivity (Wildman–Crippen MR) is 77.1 cm³/mol. The van der Waals surface area contributed by atoms with Gasteiger partial charge in [0.25, 0.3) is 0 Å². The second kappa shape index (κ2) is 5.89. The zero-order valence-corrected chi connectivity index (χ0v) is 12.0. The Morgan fingerprint density at radius 1 is 1.10 bits per heavy atom. The topological polar surface area (TPSA) is 43.1 Å². The summed E-state index contributed by atoms with van der Waals surface area (Å²) in [6, 6.07) is 12.0. The van der Waals surface area contributed by atoms with Crippen molar-refractivity contribution in [1.29, 1.82) is 0 Å². The van der Waals surface area contributed by atoms with Gasteiger partial charge in [-0.1, -0.05) is 30.3 Å². The highest BCUT2D eigenvalue weighted by molar-refractivity contribution is 7.85. The second-order valence-electron chi connectivity index (χ2n) is 4.60. The normalized spacial score (nSPS) is 14.7. The first-order valence-electron chi connectivity index (χ1n) is 6.23. The minimum atomic E-state index is -4.46. The number of hydrogen-bond acceptors (Lipinski definition) is 2. The van der Waals surface area contributed by atoms with Gasteiger partial charge in [0.1, 0.15) is 0 Å². The average Bonchev–Trinajstić information content (AvgIpc) is 2.45. The van der Waals surface area contributed by atoms with Crippen molar-refractivity contribution >= 4 is 16.5 Å². The lowest BCUT2D eigenvalue weighted by Crippen LogP contribution is -2.09. The number of benzene rings is 2. The van der Waals surface area contributed by atoms with Crippen LogP contribution in [0.2, 0.25) is 0 Å². The highest BCUT2D eigenvalue weighted by Crippen LogP contribution is 2.34. The fourth-order valence-corrected chi connectivity index (χ4v) is 3.22. The number of rotatable bonds is 3. The summed E-state index contributed by atoms with van der Waals surface area (Å²) in [4.78, 5) is 0.222. The Bertz CT molecular complexity index is 656. The van der Waals surface area contributed by atoms with Crippen LogP contribution in [-0.4, -0.2) is 4.21 Å². The number of nitrogen functional groups attached to an aromatic ring is 1. The first-order valence-corrected chi connectivity index (χ1v) is 7.44. The van der Waals surface area contributed by atoms with Gasteiger partial charge in [0.05, 0.1) is 26.5 Å². The van der Waals surface area contributed by atoms with Crippen molar-refractivity contribution in [1.82, 2.24) is 0 Å². The molecule has 0 saturated carbocycles. The molecule has 0 fully saturated rings. The van der Waals surface area contributed by atoms with Crippen LogP contribution in [-0.2, 0) is 17.0 Å². The number of halogens is 3. The molecule has 0 heterocycles. The third-order valence-electron chi connectivity index (χ3n) is 3.14. The zero-order chi connectivity index (χ0) is 15.6. The Balaban J connectivity index is 2.32. The quantitative estimate of drug-likeness (QED) is 0.865. The SMILES string of the molecule is CC(c1ccccc1)S(=O)c1ccc(C(F)(F)F)cc1N. The largest absolute Gasteiger partial charge is 0.416 e. The lowest BCUT2D eigenvalue weighted by molar-refractivity contribution is -0.137. The molecule has 0 amide bonds. The van der Waals surface area contributed by atoms with Gasteiger partial charge in [0, 0.05) is 5.69 Å². The van der Waals surface area contributed by atoms with Crippen LogP contribution in [0.25, 0.3) is 0 Å². The van der Waals surface area contributed by atoms with E-state index in [1.54, 1.807) is 6.92 Å². The standard InChI is InChI=1S/C15H14F3NOS/c1-10(11-5-3-2-4-6-11)21(20)14-8-7-12(9-13(14)19)15(16,17)18/h2-10H,19H2,1H3. The Morgan fingerprint density at radius 3 is 2.24 bits per heavy atom. The monoisotopic (exact) mass is 313 g/mol. The predicted octanol–water partition coefficient (Wildman–Crippen LogP) is 4.16. The molecule has 0 aliphatic heterocycles. The van der Waals surface area contributed by atoms with Gasteiger partial charge >= 0.3 is 6.18 Å². The summed E-state index contributed by atoms with van der Waals surface area (Å²) in [5, 5.41) is -0.356. The highest BCUT2D eigenvalue weighted by Gasteiger charge is 2.31. The maximum atomic E-state index is 12.6. The Morgan fingerprint density at radius 2 is 1.71 bits per heavy atom. The van der Waals surface area contributed by atoms with E-state index in [1.807, 2.05) is 30.3 Å². The number of alkyl halides is 3. The molecule has 0 radical (unpaired) electrons. The molecule has 2 unspecified atom stereocenters. The van der Waals surface area contributed by atoms with Crippen molar-refractivity contribution < 1.29 is 17.4 Å². The molecule has 0 aromatic heterocycles. The van der Waals surface area contributed by atoms with Crippen LogP contribution >= 0.6 is 0 Å². The lowest BCUT2D eigenvalue weighted by Gasteiger charge is -2.15. The second-order valence-corrected chi connectivity index (χ2v) is 6.34. The molecule has 21 heavy (non-hydrogen) atoms. The Kier molecular flexibility index (Phi) is 4.37. The van der Waals surface area contributed by atoms with E-state index in [-0.39, 0.29) is 15.8 Å². The fourth-order valence-electron chi connectivity index (χ4n) is 1.95. The molecule has 2 nitrogen and oxygen atoms in total. The van der Waals surface area contributed by atoms with Gasteiger partial charge in [-0.3, -0.25) is 4.21 Å². The van der Waals surface area contributed by atoms with Crippen LogP contribution in [0, 0.1) is 0 Å². The smallest absolute Gasteiger partial charge is 0.398 e. The summed E-state index contributed by atoms with van der Waals surface area (Å²) < 4.78 is 50.3.